The van der Waals surface area contributed by atoms with E-state index in [1.54, 1.807) is 23.6 Å². The first kappa shape index (κ1) is 19.3. The van der Waals surface area contributed by atoms with Crippen molar-refractivity contribution in [1.82, 2.24) is 14.4 Å². The lowest BCUT2D eigenvalue weighted by Crippen LogP contribution is -2.27. The molecule has 1 saturated heterocycles. The maximum Gasteiger partial charge on any atom is 0.404 e. The number of amides is 1. The molecule has 1 aromatic carbocycles. The van der Waals surface area contributed by atoms with Crippen molar-refractivity contribution in [1.29, 1.82) is 5.26 Å². The van der Waals surface area contributed by atoms with Gasteiger partial charge in [-0.2, -0.15) is 10.2 Å². The number of aromatic nitrogens is 3. The number of primary amides is 1. The van der Waals surface area contributed by atoms with E-state index in [0.29, 0.717) is 53.6 Å². The normalized spacial score (nSPS) is 15.8. The number of hydrogen-bond donors (Lipinski definition) is 1. The lowest BCUT2D eigenvalue weighted by Gasteiger charge is -2.16. The molecule has 1 fully saturated rings. The van der Waals surface area contributed by atoms with Crippen molar-refractivity contribution in [3.05, 3.63) is 36.2 Å². The Kier molecular flexibility index (Phi) is 5.02. The molecule has 1 amide bonds. The third-order valence-corrected chi connectivity index (χ3v) is 4.98. The van der Waals surface area contributed by atoms with Crippen LogP contribution in [0.1, 0.15) is 12.0 Å². The van der Waals surface area contributed by atoms with Gasteiger partial charge in [-0.15, -0.1) is 0 Å². The third kappa shape index (κ3) is 3.53. The van der Waals surface area contributed by atoms with Crippen LogP contribution in [0.3, 0.4) is 0 Å². The Labute approximate surface area is 172 Å². The molecule has 2 aromatic heterocycles. The fraction of sp³-hybridized carbons (Fsp3) is 0.300. The number of carbonyl (C=O) groups is 1. The number of nitrogens with two attached hydrogens (primary N) is 1. The number of imidazole rings is 1. The minimum atomic E-state index is -0.770. The van der Waals surface area contributed by atoms with Gasteiger partial charge in [-0.3, -0.25) is 4.40 Å². The average molecular weight is 408 g/mol. The van der Waals surface area contributed by atoms with Crippen molar-refractivity contribution in [2.45, 2.75) is 12.5 Å². The van der Waals surface area contributed by atoms with Gasteiger partial charge in [0.05, 0.1) is 32.0 Å². The van der Waals surface area contributed by atoms with Crippen LogP contribution in [0.25, 0.3) is 17.0 Å². The van der Waals surface area contributed by atoms with Crippen LogP contribution in [0.5, 0.6) is 11.5 Å². The molecule has 1 atom stereocenters. The predicted molar refractivity (Wildman–Crippen MR) is 108 cm³/mol. The highest BCUT2D eigenvalue weighted by atomic mass is 16.6. The van der Waals surface area contributed by atoms with E-state index in [2.05, 4.69) is 16.0 Å². The molecule has 3 heterocycles. The number of benzene rings is 1. The van der Waals surface area contributed by atoms with E-state index in [1.807, 2.05) is 23.4 Å². The zero-order valence-electron chi connectivity index (χ0n) is 16.5. The van der Waals surface area contributed by atoms with E-state index < -0.39 is 6.09 Å². The Bertz CT molecular complexity index is 1150. The number of hydrogen-bond acceptors (Lipinski definition) is 8. The Morgan fingerprint density at radius 1 is 1.27 bits per heavy atom. The minimum absolute atomic E-state index is 0.246. The van der Waals surface area contributed by atoms with Gasteiger partial charge in [-0.05, 0) is 12.1 Å². The molecule has 0 spiro atoms. The van der Waals surface area contributed by atoms with Crippen LogP contribution in [0.4, 0.5) is 10.6 Å². The molecular formula is C20H20N6O4. The molecule has 0 bridgehead atoms. The molecule has 154 valence electrons. The number of carbonyl (C=O) groups excluding carboxylic acids is 1. The summed E-state index contributed by atoms with van der Waals surface area (Å²) in [5.41, 5.74) is 6.77. The second kappa shape index (κ2) is 7.79. The minimum Gasteiger partial charge on any atom is -0.496 e. The van der Waals surface area contributed by atoms with Gasteiger partial charge in [-0.1, -0.05) is 0 Å². The van der Waals surface area contributed by atoms with Crippen molar-refractivity contribution >= 4 is 17.7 Å². The van der Waals surface area contributed by atoms with Gasteiger partial charge in [0.2, 0.25) is 5.78 Å². The summed E-state index contributed by atoms with van der Waals surface area (Å²) in [5, 5.41) is 9.40. The van der Waals surface area contributed by atoms with Crippen LogP contribution >= 0.6 is 0 Å². The summed E-state index contributed by atoms with van der Waals surface area (Å²) in [7, 11) is 3.05. The Morgan fingerprint density at radius 3 is 2.77 bits per heavy atom. The zero-order chi connectivity index (χ0) is 21.3. The van der Waals surface area contributed by atoms with Crippen LogP contribution in [0.15, 0.2) is 30.6 Å². The summed E-state index contributed by atoms with van der Waals surface area (Å²) >= 11 is 0. The molecule has 1 aliphatic rings. The van der Waals surface area contributed by atoms with Gasteiger partial charge < -0.3 is 24.8 Å². The monoisotopic (exact) mass is 408 g/mol. The number of nitrogens with zero attached hydrogens (tertiary/aromatic N) is 5. The van der Waals surface area contributed by atoms with E-state index >= 15 is 0 Å². The Hall–Kier alpha value is -4.00. The quantitative estimate of drug-likeness (QED) is 0.678. The summed E-state index contributed by atoms with van der Waals surface area (Å²) in [4.78, 5) is 22.2. The lowest BCUT2D eigenvalue weighted by molar-refractivity contribution is 0.117. The Balaban J connectivity index is 1.67. The molecule has 0 saturated carbocycles. The van der Waals surface area contributed by atoms with E-state index in [4.69, 9.17) is 19.9 Å². The first-order valence-corrected chi connectivity index (χ1v) is 9.25. The maximum atomic E-state index is 11.0. The zero-order valence-corrected chi connectivity index (χ0v) is 16.5. The Morgan fingerprint density at radius 2 is 2.07 bits per heavy atom. The smallest absolute Gasteiger partial charge is 0.404 e. The standard InChI is InChI=1S/C20H20N6O4/c1-28-16-8-17(29-2)14(7-12(16)9-21)15-11-26-6-4-18(24-20(26)23-15)25-5-3-13(10-25)30-19(22)27/h4,6-8,11,13H,3,5,10H2,1-2H3,(H2,22,27). The first-order valence-electron chi connectivity index (χ1n) is 9.25. The molecule has 0 radical (unpaired) electrons. The molecule has 4 rings (SSSR count). The highest BCUT2D eigenvalue weighted by Gasteiger charge is 2.26. The molecular weight excluding hydrogens is 388 g/mol. The van der Waals surface area contributed by atoms with Crippen LogP contribution in [-0.2, 0) is 4.74 Å². The predicted octanol–water partition coefficient (Wildman–Crippen LogP) is 1.96. The number of methoxy groups -OCH3 is 2. The molecule has 10 nitrogen and oxygen atoms in total. The number of fused-ring (bicyclic) bond motifs is 1. The van der Waals surface area contributed by atoms with Gasteiger partial charge in [0, 0.05) is 37.0 Å². The van der Waals surface area contributed by atoms with E-state index in [1.165, 1.54) is 7.11 Å². The van der Waals surface area contributed by atoms with Crippen molar-refractivity contribution in [3.8, 4) is 28.8 Å². The summed E-state index contributed by atoms with van der Waals surface area (Å²) < 4.78 is 17.6. The van der Waals surface area contributed by atoms with E-state index in [9.17, 15) is 10.1 Å². The SMILES string of the molecule is COc1cc(OC)c(-c2cn3ccc(N4CCC(OC(N)=O)C4)nc3n2)cc1C#N. The number of rotatable bonds is 5. The molecule has 2 N–H and O–H groups in total. The average Bonchev–Trinajstić information content (AvgIpc) is 3.38. The van der Waals surface area contributed by atoms with E-state index in [0.717, 1.165) is 5.82 Å². The van der Waals surface area contributed by atoms with E-state index in [-0.39, 0.29) is 6.10 Å². The fourth-order valence-corrected chi connectivity index (χ4v) is 3.55. The van der Waals surface area contributed by atoms with Gasteiger partial charge in [0.25, 0.3) is 0 Å². The largest absolute Gasteiger partial charge is 0.496 e. The first-order chi connectivity index (χ1) is 14.5. The number of ether oxygens (including phenoxy) is 3. The molecule has 3 aromatic rings. The van der Waals surface area contributed by atoms with Crippen molar-refractivity contribution in [3.63, 3.8) is 0 Å². The topological polar surface area (TPSA) is 128 Å². The van der Waals surface area contributed by atoms with Crippen molar-refractivity contribution in [2.24, 2.45) is 5.73 Å². The van der Waals surface area contributed by atoms with Gasteiger partial charge in [0.1, 0.15) is 29.5 Å². The summed E-state index contributed by atoms with van der Waals surface area (Å²) in [5.74, 6) is 2.21. The van der Waals surface area contributed by atoms with Crippen LogP contribution in [0.2, 0.25) is 0 Å². The second-order valence-corrected chi connectivity index (χ2v) is 6.78. The van der Waals surface area contributed by atoms with Crippen molar-refractivity contribution < 1.29 is 19.0 Å². The van der Waals surface area contributed by atoms with Crippen LogP contribution < -0.4 is 20.1 Å². The molecule has 10 heteroatoms. The van der Waals surface area contributed by atoms with Gasteiger partial charge in [0.15, 0.2) is 0 Å². The highest BCUT2D eigenvalue weighted by molar-refractivity contribution is 5.73. The highest BCUT2D eigenvalue weighted by Crippen LogP contribution is 2.35. The summed E-state index contributed by atoms with van der Waals surface area (Å²) in [6.07, 6.45) is 3.35. The second-order valence-electron chi connectivity index (χ2n) is 6.78. The molecule has 30 heavy (non-hydrogen) atoms. The summed E-state index contributed by atoms with van der Waals surface area (Å²) in [6, 6.07) is 7.35. The van der Waals surface area contributed by atoms with Gasteiger partial charge >= 0.3 is 6.09 Å². The van der Waals surface area contributed by atoms with Crippen LogP contribution in [-0.4, -0.2) is 53.9 Å². The lowest BCUT2D eigenvalue weighted by atomic mass is 10.1. The molecule has 0 aliphatic carbocycles. The number of nitriles is 1. The molecule has 1 unspecified atom stereocenters. The number of anilines is 1. The summed E-state index contributed by atoms with van der Waals surface area (Å²) in [6.45, 7) is 1.23. The third-order valence-electron chi connectivity index (χ3n) is 4.98. The maximum absolute atomic E-state index is 11.0. The van der Waals surface area contributed by atoms with Gasteiger partial charge in [-0.25, -0.2) is 9.78 Å². The fourth-order valence-electron chi connectivity index (χ4n) is 3.55. The van der Waals surface area contributed by atoms with Crippen LogP contribution in [0, 0.1) is 11.3 Å². The molecule has 1 aliphatic heterocycles. The van der Waals surface area contributed by atoms with Crippen molar-refractivity contribution in [2.75, 3.05) is 32.2 Å².